The second-order valence-electron chi connectivity index (χ2n) is 5.49. The lowest BCUT2D eigenvalue weighted by molar-refractivity contribution is 0.0951. The third-order valence-corrected chi connectivity index (χ3v) is 4.63. The normalized spacial score (nSPS) is 10.8. The van der Waals surface area contributed by atoms with Crippen LogP contribution in [-0.2, 0) is 6.54 Å². The van der Waals surface area contributed by atoms with Gasteiger partial charge in [0.25, 0.3) is 5.91 Å². The van der Waals surface area contributed by atoms with Crippen molar-refractivity contribution in [1.29, 1.82) is 0 Å². The molecule has 4 rings (SSSR count). The minimum Gasteiger partial charge on any atom is -0.361 e. The Labute approximate surface area is 143 Å². The zero-order valence-corrected chi connectivity index (χ0v) is 13.6. The molecule has 0 atom stereocenters. The molecule has 0 saturated carbocycles. The third kappa shape index (κ3) is 2.81. The summed E-state index contributed by atoms with van der Waals surface area (Å²) in [6.45, 7) is 0.445. The van der Waals surface area contributed by atoms with E-state index in [0.29, 0.717) is 12.1 Å². The number of benzene rings is 1. The van der Waals surface area contributed by atoms with E-state index in [1.807, 2.05) is 54.0 Å². The van der Waals surface area contributed by atoms with Gasteiger partial charge in [0.15, 0.2) is 0 Å². The van der Waals surface area contributed by atoms with E-state index in [2.05, 4.69) is 20.7 Å². The monoisotopic (exact) mass is 333 g/mol. The number of nitrogens with one attached hydrogen (secondary N) is 2. The molecule has 5 heteroatoms. The summed E-state index contributed by atoms with van der Waals surface area (Å²) in [6, 6.07) is 13.6. The number of amides is 1. The first-order valence-electron chi connectivity index (χ1n) is 7.63. The third-order valence-electron chi connectivity index (χ3n) is 3.94. The predicted octanol–water partition coefficient (Wildman–Crippen LogP) is 4.22. The fraction of sp³-hybridized carbons (Fsp3) is 0.0526. The maximum Gasteiger partial charge on any atom is 0.251 e. The van der Waals surface area contributed by atoms with Gasteiger partial charge >= 0.3 is 0 Å². The molecule has 1 aromatic carbocycles. The fourth-order valence-electron chi connectivity index (χ4n) is 2.71. The van der Waals surface area contributed by atoms with Crippen molar-refractivity contribution < 1.29 is 4.79 Å². The molecule has 4 aromatic rings. The highest BCUT2D eigenvalue weighted by Gasteiger charge is 2.10. The second kappa shape index (κ2) is 6.29. The summed E-state index contributed by atoms with van der Waals surface area (Å²) >= 11 is 1.64. The van der Waals surface area contributed by atoms with Gasteiger partial charge in [-0.05, 0) is 46.7 Å². The maximum atomic E-state index is 12.4. The van der Waals surface area contributed by atoms with Crippen molar-refractivity contribution in [2.75, 3.05) is 0 Å². The van der Waals surface area contributed by atoms with Crippen molar-refractivity contribution in [2.24, 2.45) is 0 Å². The number of aromatic nitrogens is 2. The number of aromatic amines is 1. The average molecular weight is 333 g/mol. The van der Waals surface area contributed by atoms with E-state index in [0.717, 1.165) is 27.7 Å². The summed E-state index contributed by atoms with van der Waals surface area (Å²) in [5.74, 6) is -0.0911. The van der Waals surface area contributed by atoms with Crippen LogP contribution in [0, 0.1) is 0 Å². The molecule has 0 aliphatic heterocycles. The maximum absolute atomic E-state index is 12.4. The minimum atomic E-state index is -0.0911. The lowest BCUT2D eigenvalue weighted by atomic mass is 10.1. The number of thiophene rings is 1. The van der Waals surface area contributed by atoms with Gasteiger partial charge in [-0.1, -0.05) is 12.1 Å². The van der Waals surface area contributed by atoms with Crippen LogP contribution in [0.15, 0.2) is 65.6 Å². The highest BCUT2D eigenvalue weighted by atomic mass is 32.1. The highest BCUT2D eigenvalue weighted by Crippen LogP contribution is 2.23. The number of rotatable bonds is 4. The molecule has 0 aliphatic rings. The number of carbonyl (C=O) groups is 1. The van der Waals surface area contributed by atoms with Crippen LogP contribution in [-0.4, -0.2) is 15.9 Å². The quantitative estimate of drug-likeness (QED) is 0.587. The van der Waals surface area contributed by atoms with E-state index in [1.54, 1.807) is 17.5 Å². The SMILES string of the molecule is O=C(NCc1cccnc1-c1ccsc1)c1ccc2cc[nH]c2c1. The lowest BCUT2D eigenvalue weighted by Crippen LogP contribution is -2.23. The van der Waals surface area contributed by atoms with Crippen molar-refractivity contribution in [2.45, 2.75) is 6.54 Å². The topological polar surface area (TPSA) is 57.8 Å². The van der Waals surface area contributed by atoms with Crippen LogP contribution in [0.25, 0.3) is 22.2 Å². The van der Waals surface area contributed by atoms with Crippen molar-refractivity contribution in [3.8, 4) is 11.3 Å². The Bertz CT molecular complexity index is 989. The summed E-state index contributed by atoms with van der Waals surface area (Å²) in [4.78, 5) is 20.0. The average Bonchev–Trinajstić information content (AvgIpc) is 3.30. The number of fused-ring (bicyclic) bond motifs is 1. The summed E-state index contributed by atoms with van der Waals surface area (Å²) in [5.41, 5.74) is 4.61. The zero-order chi connectivity index (χ0) is 16.4. The van der Waals surface area contributed by atoms with E-state index in [-0.39, 0.29) is 5.91 Å². The van der Waals surface area contributed by atoms with E-state index >= 15 is 0 Å². The van der Waals surface area contributed by atoms with Crippen LogP contribution in [0.3, 0.4) is 0 Å². The number of H-pyrrole nitrogens is 1. The molecule has 24 heavy (non-hydrogen) atoms. The molecule has 0 fully saturated rings. The Morgan fingerprint density at radius 1 is 1.21 bits per heavy atom. The number of nitrogens with zero attached hydrogens (tertiary/aromatic N) is 1. The predicted molar refractivity (Wildman–Crippen MR) is 97.0 cm³/mol. The molecule has 0 radical (unpaired) electrons. The standard InChI is InChI=1S/C19H15N3OS/c23-19(14-4-3-13-5-8-20-17(13)10-14)22-11-15-2-1-7-21-18(15)16-6-9-24-12-16/h1-10,12,20H,11H2,(H,22,23). The molecule has 3 heterocycles. The van der Waals surface area contributed by atoms with E-state index in [4.69, 9.17) is 0 Å². The van der Waals surface area contributed by atoms with Crippen molar-refractivity contribution >= 4 is 28.1 Å². The first kappa shape index (κ1) is 14.7. The zero-order valence-electron chi connectivity index (χ0n) is 12.8. The Kier molecular flexibility index (Phi) is 3.84. The number of carbonyl (C=O) groups excluding carboxylic acids is 1. The Morgan fingerprint density at radius 2 is 2.17 bits per heavy atom. The van der Waals surface area contributed by atoms with E-state index < -0.39 is 0 Å². The van der Waals surface area contributed by atoms with Gasteiger partial charge in [0.1, 0.15) is 0 Å². The van der Waals surface area contributed by atoms with Gasteiger partial charge in [-0.15, -0.1) is 0 Å². The van der Waals surface area contributed by atoms with Gasteiger partial charge in [-0.2, -0.15) is 11.3 Å². The van der Waals surface area contributed by atoms with Crippen molar-refractivity contribution in [1.82, 2.24) is 15.3 Å². The Morgan fingerprint density at radius 3 is 3.04 bits per heavy atom. The smallest absolute Gasteiger partial charge is 0.251 e. The van der Waals surface area contributed by atoms with Gasteiger partial charge in [-0.3, -0.25) is 9.78 Å². The molecule has 118 valence electrons. The van der Waals surface area contributed by atoms with Crippen LogP contribution < -0.4 is 5.32 Å². The molecular weight excluding hydrogens is 318 g/mol. The highest BCUT2D eigenvalue weighted by molar-refractivity contribution is 7.08. The van der Waals surface area contributed by atoms with Crippen molar-refractivity contribution in [3.05, 3.63) is 76.7 Å². The molecule has 0 aliphatic carbocycles. The molecule has 0 unspecified atom stereocenters. The number of hydrogen-bond acceptors (Lipinski definition) is 3. The fourth-order valence-corrected chi connectivity index (χ4v) is 3.35. The first-order valence-corrected chi connectivity index (χ1v) is 8.57. The molecule has 0 bridgehead atoms. The first-order chi connectivity index (χ1) is 11.8. The van der Waals surface area contributed by atoms with Crippen LogP contribution in [0.4, 0.5) is 0 Å². The largest absolute Gasteiger partial charge is 0.361 e. The molecule has 3 aromatic heterocycles. The summed E-state index contributed by atoms with van der Waals surface area (Å²) in [7, 11) is 0. The Balaban J connectivity index is 1.53. The molecule has 0 spiro atoms. The molecular formula is C19H15N3OS. The van der Waals surface area contributed by atoms with E-state index in [1.165, 1.54) is 0 Å². The van der Waals surface area contributed by atoms with Crippen molar-refractivity contribution in [3.63, 3.8) is 0 Å². The van der Waals surface area contributed by atoms with Gasteiger partial charge in [-0.25, -0.2) is 0 Å². The van der Waals surface area contributed by atoms with E-state index in [9.17, 15) is 4.79 Å². The van der Waals surface area contributed by atoms with Crippen LogP contribution in [0.1, 0.15) is 15.9 Å². The summed E-state index contributed by atoms with van der Waals surface area (Å²) in [6.07, 6.45) is 3.65. The lowest BCUT2D eigenvalue weighted by Gasteiger charge is -2.09. The summed E-state index contributed by atoms with van der Waals surface area (Å²) in [5, 5.41) is 8.17. The van der Waals surface area contributed by atoms with Gasteiger partial charge in [0.05, 0.1) is 5.69 Å². The molecule has 1 amide bonds. The van der Waals surface area contributed by atoms with Crippen LogP contribution >= 0.6 is 11.3 Å². The molecule has 2 N–H and O–H groups in total. The molecule has 4 nitrogen and oxygen atoms in total. The Hall–Kier alpha value is -2.92. The second-order valence-corrected chi connectivity index (χ2v) is 6.27. The van der Waals surface area contributed by atoms with Gasteiger partial charge < -0.3 is 10.3 Å². The van der Waals surface area contributed by atoms with Crippen LogP contribution in [0.5, 0.6) is 0 Å². The number of pyridine rings is 1. The van der Waals surface area contributed by atoms with Crippen LogP contribution in [0.2, 0.25) is 0 Å². The van der Waals surface area contributed by atoms with Gasteiger partial charge in [0, 0.05) is 41.0 Å². The minimum absolute atomic E-state index is 0.0911. The number of hydrogen-bond donors (Lipinski definition) is 2. The summed E-state index contributed by atoms with van der Waals surface area (Å²) < 4.78 is 0. The molecule has 0 saturated heterocycles. The van der Waals surface area contributed by atoms with Gasteiger partial charge in [0.2, 0.25) is 0 Å².